The van der Waals surface area contributed by atoms with Crippen molar-refractivity contribution in [2.75, 3.05) is 0 Å². The molecule has 26 heavy (non-hydrogen) atoms. The molecule has 1 aromatic rings. The number of nitrogens with zero attached hydrogens (tertiary/aromatic N) is 1. The van der Waals surface area contributed by atoms with E-state index in [1.54, 1.807) is 38.1 Å². The van der Waals surface area contributed by atoms with E-state index in [4.69, 9.17) is 11.6 Å². The van der Waals surface area contributed by atoms with E-state index in [0.29, 0.717) is 28.4 Å². The highest BCUT2D eigenvalue weighted by atomic mass is 35.5. The standard InChI is InChI=1S/C19H18ClNO5/c1-8-7-12-16(17(22)13(8)18(23)24)15(10-5-3-4-6-11(10)20)14(19(25)26)9(2)21-12/h3-6,8,13-15H,7H2,1-2H3,(H,23,24)(H,25,26). The maximum atomic E-state index is 13.0. The smallest absolute Gasteiger partial charge is 0.314 e. The first-order valence-corrected chi connectivity index (χ1v) is 8.64. The number of rotatable bonds is 3. The van der Waals surface area contributed by atoms with Crippen LogP contribution in [-0.4, -0.2) is 33.6 Å². The fourth-order valence-corrected chi connectivity index (χ4v) is 4.22. The van der Waals surface area contributed by atoms with Crippen molar-refractivity contribution in [3.63, 3.8) is 0 Å². The summed E-state index contributed by atoms with van der Waals surface area (Å²) in [6, 6.07) is 6.73. The highest BCUT2D eigenvalue weighted by Gasteiger charge is 2.48. The quantitative estimate of drug-likeness (QED) is 0.789. The number of hydrogen-bond acceptors (Lipinski definition) is 4. The van der Waals surface area contributed by atoms with Gasteiger partial charge < -0.3 is 10.2 Å². The maximum absolute atomic E-state index is 13.0. The summed E-state index contributed by atoms with van der Waals surface area (Å²) in [6.45, 7) is 3.31. The molecule has 1 aliphatic heterocycles. The van der Waals surface area contributed by atoms with Crippen LogP contribution in [0.1, 0.15) is 31.7 Å². The van der Waals surface area contributed by atoms with Crippen LogP contribution < -0.4 is 0 Å². The van der Waals surface area contributed by atoms with Crippen LogP contribution >= 0.6 is 11.6 Å². The SMILES string of the molecule is CC1=NC2=C(C(=O)C(C(=O)O)C(C)C2)C(c2ccccc2Cl)C1C(=O)O. The number of benzene rings is 1. The lowest BCUT2D eigenvalue weighted by Crippen LogP contribution is -2.42. The van der Waals surface area contributed by atoms with Gasteiger partial charge >= 0.3 is 11.9 Å². The second-order valence-corrected chi connectivity index (χ2v) is 7.20. The van der Waals surface area contributed by atoms with Gasteiger partial charge in [0.2, 0.25) is 0 Å². The first kappa shape index (κ1) is 18.3. The van der Waals surface area contributed by atoms with E-state index in [-0.39, 0.29) is 5.57 Å². The highest BCUT2D eigenvalue weighted by Crippen LogP contribution is 2.47. The first-order valence-electron chi connectivity index (χ1n) is 8.26. The third kappa shape index (κ3) is 2.84. The summed E-state index contributed by atoms with van der Waals surface area (Å²) in [7, 11) is 0. The highest BCUT2D eigenvalue weighted by molar-refractivity contribution is 6.31. The van der Waals surface area contributed by atoms with Crippen LogP contribution in [0.2, 0.25) is 5.02 Å². The van der Waals surface area contributed by atoms with E-state index in [1.807, 2.05) is 0 Å². The Morgan fingerprint density at radius 3 is 2.35 bits per heavy atom. The Labute approximate surface area is 155 Å². The van der Waals surface area contributed by atoms with Crippen molar-refractivity contribution >= 4 is 35.0 Å². The lowest BCUT2D eigenvalue weighted by molar-refractivity contribution is -0.147. The van der Waals surface area contributed by atoms with Gasteiger partial charge in [-0.2, -0.15) is 0 Å². The molecular formula is C19H18ClNO5. The molecule has 2 aliphatic rings. The molecule has 6 nitrogen and oxygen atoms in total. The third-order valence-electron chi connectivity index (χ3n) is 5.12. The molecule has 0 saturated heterocycles. The number of Topliss-reactive ketones (excluding diaryl/α,β-unsaturated/α-hetero) is 1. The van der Waals surface area contributed by atoms with Crippen molar-refractivity contribution in [3.8, 4) is 0 Å². The molecule has 0 aromatic heterocycles. The summed E-state index contributed by atoms with van der Waals surface area (Å²) in [5.41, 5.74) is 1.52. The Kier molecular flexibility index (Phi) is 4.71. The topological polar surface area (TPSA) is 104 Å². The number of aliphatic carboxylic acids is 2. The molecule has 1 aliphatic carbocycles. The van der Waals surface area contributed by atoms with Gasteiger partial charge in [0.05, 0.1) is 0 Å². The molecular weight excluding hydrogens is 358 g/mol. The molecule has 1 heterocycles. The maximum Gasteiger partial charge on any atom is 0.314 e. The minimum absolute atomic E-state index is 0.168. The molecule has 0 radical (unpaired) electrons. The molecule has 0 saturated carbocycles. The van der Waals surface area contributed by atoms with Gasteiger partial charge in [0, 0.05) is 27.9 Å². The molecule has 2 N–H and O–H groups in total. The summed E-state index contributed by atoms with van der Waals surface area (Å²) >= 11 is 6.30. The Balaban J connectivity index is 2.25. The van der Waals surface area contributed by atoms with Gasteiger partial charge in [-0.3, -0.25) is 19.4 Å². The number of carbonyl (C=O) groups excluding carboxylic acids is 1. The summed E-state index contributed by atoms with van der Waals surface area (Å²) < 4.78 is 0. The van der Waals surface area contributed by atoms with Crippen LogP contribution in [-0.2, 0) is 14.4 Å². The molecule has 0 fully saturated rings. The Bertz CT molecular complexity index is 872. The number of allylic oxidation sites excluding steroid dienone is 2. The molecule has 3 rings (SSSR count). The molecule has 136 valence electrons. The normalized spacial score (nSPS) is 28.4. The molecule has 0 spiro atoms. The zero-order valence-corrected chi connectivity index (χ0v) is 15.0. The fraction of sp³-hybridized carbons (Fsp3) is 0.368. The van der Waals surface area contributed by atoms with Crippen LogP contribution in [0.4, 0.5) is 0 Å². The molecule has 4 atom stereocenters. The monoisotopic (exact) mass is 375 g/mol. The van der Waals surface area contributed by atoms with Gasteiger partial charge in [-0.15, -0.1) is 0 Å². The number of aliphatic imine (C=N–C) groups is 1. The molecule has 7 heteroatoms. The van der Waals surface area contributed by atoms with E-state index in [1.165, 1.54) is 0 Å². The summed E-state index contributed by atoms with van der Waals surface area (Å²) in [5.74, 6) is -6.44. The van der Waals surface area contributed by atoms with E-state index in [9.17, 15) is 24.6 Å². The van der Waals surface area contributed by atoms with Crippen molar-refractivity contribution in [1.29, 1.82) is 0 Å². The van der Waals surface area contributed by atoms with Crippen molar-refractivity contribution < 1.29 is 24.6 Å². The Morgan fingerprint density at radius 1 is 1.15 bits per heavy atom. The summed E-state index contributed by atoms with van der Waals surface area (Å²) in [4.78, 5) is 41.0. The number of carboxylic acid groups (broad SMARTS) is 2. The second kappa shape index (κ2) is 6.68. The summed E-state index contributed by atoms with van der Waals surface area (Å²) in [6.07, 6.45) is 0.308. The van der Waals surface area contributed by atoms with Gasteiger partial charge in [0.15, 0.2) is 5.78 Å². The predicted molar refractivity (Wildman–Crippen MR) is 95.4 cm³/mol. The van der Waals surface area contributed by atoms with E-state index in [0.717, 1.165) is 0 Å². The van der Waals surface area contributed by atoms with E-state index in [2.05, 4.69) is 4.99 Å². The lowest BCUT2D eigenvalue weighted by atomic mass is 9.67. The molecule has 1 aromatic carbocycles. The van der Waals surface area contributed by atoms with E-state index < -0.39 is 41.4 Å². The third-order valence-corrected chi connectivity index (χ3v) is 5.47. The van der Waals surface area contributed by atoms with Crippen LogP contribution in [0.15, 0.2) is 40.5 Å². The molecule has 4 unspecified atom stereocenters. The zero-order valence-electron chi connectivity index (χ0n) is 14.3. The van der Waals surface area contributed by atoms with Crippen LogP contribution in [0, 0.1) is 17.8 Å². The van der Waals surface area contributed by atoms with Crippen LogP contribution in [0.3, 0.4) is 0 Å². The van der Waals surface area contributed by atoms with Crippen molar-refractivity contribution in [2.45, 2.75) is 26.2 Å². The second-order valence-electron chi connectivity index (χ2n) is 6.79. The van der Waals surface area contributed by atoms with Gasteiger partial charge in [0.1, 0.15) is 11.8 Å². The number of carboxylic acids is 2. The number of ketones is 1. The molecule has 0 bridgehead atoms. The number of hydrogen-bond donors (Lipinski definition) is 2. The van der Waals surface area contributed by atoms with Crippen molar-refractivity contribution in [2.24, 2.45) is 22.7 Å². The number of carbonyl (C=O) groups is 3. The van der Waals surface area contributed by atoms with Crippen molar-refractivity contribution in [3.05, 3.63) is 46.1 Å². The summed E-state index contributed by atoms with van der Waals surface area (Å²) in [5, 5.41) is 19.6. The van der Waals surface area contributed by atoms with Crippen LogP contribution in [0.25, 0.3) is 0 Å². The minimum atomic E-state index is -1.21. The van der Waals surface area contributed by atoms with Crippen molar-refractivity contribution in [1.82, 2.24) is 0 Å². The van der Waals surface area contributed by atoms with E-state index >= 15 is 0 Å². The molecule has 0 amide bonds. The van der Waals surface area contributed by atoms with Gasteiger partial charge in [-0.05, 0) is 30.9 Å². The Morgan fingerprint density at radius 2 is 1.77 bits per heavy atom. The first-order chi connectivity index (χ1) is 12.2. The number of halogens is 1. The van der Waals surface area contributed by atoms with Gasteiger partial charge in [-0.25, -0.2) is 0 Å². The van der Waals surface area contributed by atoms with Gasteiger partial charge in [-0.1, -0.05) is 36.7 Å². The average molecular weight is 376 g/mol. The van der Waals surface area contributed by atoms with Gasteiger partial charge in [0.25, 0.3) is 0 Å². The minimum Gasteiger partial charge on any atom is -0.481 e. The fourth-order valence-electron chi connectivity index (χ4n) is 3.97. The largest absolute Gasteiger partial charge is 0.481 e. The zero-order chi connectivity index (χ0) is 19.2. The predicted octanol–water partition coefficient (Wildman–Crippen LogP) is 3.16. The average Bonchev–Trinajstić information content (AvgIpc) is 2.53. The Hall–Kier alpha value is -2.47. The van der Waals surface area contributed by atoms with Crippen LogP contribution in [0.5, 0.6) is 0 Å². The lowest BCUT2D eigenvalue weighted by Gasteiger charge is -2.37.